The van der Waals surface area contributed by atoms with Gasteiger partial charge in [-0.25, -0.2) is 4.79 Å². The van der Waals surface area contributed by atoms with Crippen molar-refractivity contribution in [3.63, 3.8) is 0 Å². The Morgan fingerprint density at radius 1 is 1.07 bits per heavy atom. The Hall–Kier alpha value is -3.15. The summed E-state index contributed by atoms with van der Waals surface area (Å²) in [7, 11) is 0. The van der Waals surface area contributed by atoms with Crippen molar-refractivity contribution >= 4 is 22.6 Å². The van der Waals surface area contributed by atoms with Gasteiger partial charge in [-0.3, -0.25) is 9.48 Å². The summed E-state index contributed by atoms with van der Waals surface area (Å²) >= 11 is 0. The molecule has 0 spiro atoms. The van der Waals surface area contributed by atoms with E-state index in [9.17, 15) is 14.7 Å². The Balaban J connectivity index is 1.47. The number of rotatable bonds is 3. The van der Waals surface area contributed by atoms with Crippen molar-refractivity contribution in [2.45, 2.75) is 25.8 Å². The highest BCUT2D eigenvalue weighted by Crippen LogP contribution is 2.26. The molecular weight excluding hydrogens is 342 g/mol. The van der Waals surface area contributed by atoms with E-state index >= 15 is 0 Å². The number of aromatic nitrogens is 2. The van der Waals surface area contributed by atoms with Gasteiger partial charge in [0.15, 0.2) is 0 Å². The Morgan fingerprint density at radius 3 is 2.44 bits per heavy atom. The van der Waals surface area contributed by atoms with Crippen LogP contribution in [-0.4, -0.2) is 44.8 Å². The standard InChI is InChI=1S/C21H21N3O3/c1-14-19(21(26)27)13-22-24(14)18-8-10-23(11-9-18)20(25)17-7-6-15-4-2-3-5-16(15)12-17/h2-7,12-13,18H,8-11H2,1H3,(H,26,27). The Bertz CT molecular complexity index is 1020. The number of carboxylic acids is 1. The highest BCUT2D eigenvalue weighted by atomic mass is 16.4. The average molecular weight is 363 g/mol. The van der Waals surface area contributed by atoms with Crippen molar-refractivity contribution in [2.75, 3.05) is 13.1 Å². The van der Waals surface area contributed by atoms with Crippen molar-refractivity contribution in [3.8, 4) is 0 Å². The lowest BCUT2D eigenvalue weighted by molar-refractivity contribution is 0.0688. The Morgan fingerprint density at radius 2 is 1.78 bits per heavy atom. The summed E-state index contributed by atoms with van der Waals surface area (Å²) in [6, 6.07) is 13.9. The van der Waals surface area contributed by atoms with Gasteiger partial charge in [0, 0.05) is 18.7 Å². The predicted octanol–water partition coefficient (Wildman–Crippen LogP) is 3.52. The maximum absolute atomic E-state index is 12.9. The predicted molar refractivity (Wildman–Crippen MR) is 102 cm³/mol. The first-order valence-electron chi connectivity index (χ1n) is 9.10. The van der Waals surface area contributed by atoms with Crippen molar-refractivity contribution in [2.24, 2.45) is 0 Å². The van der Waals surface area contributed by atoms with Crippen molar-refractivity contribution in [3.05, 3.63) is 65.5 Å². The summed E-state index contributed by atoms with van der Waals surface area (Å²) < 4.78 is 1.79. The van der Waals surface area contributed by atoms with Gasteiger partial charge in [-0.1, -0.05) is 30.3 Å². The molecule has 1 N–H and O–H groups in total. The number of benzene rings is 2. The molecule has 0 radical (unpaired) electrons. The summed E-state index contributed by atoms with van der Waals surface area (Å²) in [6.07, 6.45) is 2.94. The molecule has 1 saturated heterocycles. The van der Waals surface area contributed by atoms with Gasteiger partial charge in [-0.2, -0.15) is 5.10 Å². The molecule has 27 heavy (non-hydrogen) atoms. The first-order chi connectivity index (χ1) is 13.0. The van der Waals surface area contributed by atoms with Crippen molar-refractivity contribution in [1.29, 1.82) is 0 Å². The van der Waals surface area contributed by atoms with Crippen LogP contribution in [0.25, 0.3) is 10.8 Å². The first-order valence-corrected chi connectivity index (χ1v) is 9.10. The number of carboxylic acid groups (broad SMARTS) is 1. The van der Waals surface area contributed by atoms with E-state index in [0.29, 0.717) is 24.3 Å². The minimum Gasteiger partial charge on any atom is -0.478 e. The molecule has 1 aromatic heterocycles. The summed E-state index contributed by atoms with van der Waals surface area (Å²) in [4.78, 5) is 25.9. The van der Waals surface area contributed by atoms with Crippen LogP contribution in [0.5, 0.6) is 0 Å². The van der Waals surface area contributed by atoms with Crippen molar-refractivity contribution in [1.82, 2.24) is 14.7 Å². The molecule has 2 aromatic carbocycles. The molecule has 6 nitrogen and oxygen atoms in total. The number of carbonyl (C=O) groups is 2. The van der Waals surface area contributed by atoms with Gasteiger partial charge in [0.25, 0.3) is 5.91 Å². The van der Waals surface area contributed by atoms with Crippen LogP contribution in [0.1, 0.15) is 45.3 Å². The molecule has 1 amide bonds. The monoisotopic (exact) mass is 363 g/mol. The van der Waals surface area contributed by atoms with Gasteiger partial charge in [-0.15, -0.1) is 0 Å². The number of aromatic carboxylic acids is 1. The minimum atomic E-state index is -0.956. The second-order valence-electron chi connectivity index (χ2n) is 6.98. The molecular formula is C21H21N3O3. The number of nitrogens with zero attached hydrogens (tertiary/aromatic N) is 3. The quantitative estimate of drug-likeness (QED) is 0.772. The van der Waals surface area contributed by atoms with Crippen LogP contribution < -0.4 is 0 Å². The molecule has 0 atom stereocenters. The summed E-state index contributed by atoms with van der Waals surface area (Å²) in [6.45, 7) is 3.05. The van der Waals surface area contributed by atoms with E-state index < -0.39 is 5.97 Å². The van der Waals surface area contributed by atoms with Gasteiger partial charge in [0.05, 0.1) is 17.9 Å². The van der Waals surface area contributed by atoms with E-state index in [0.717, 1.165) is 23.6 Å². The zero-order chi connectivity index (χ0) is 19.0. The third-order valence-electron chi connectivity index (χ3n) is 5.37. The van der Waals surface area contributed by atoms with Crippen LogP contribution in [0.3, 0.4) is 0 Å². The molecule has 0 unspecified atom stereocenters. The lowest BCUT2D eigenvalue weighted by atomic mass is 10.0. The Kier molecular flexibility index (Phi) is 4.39. The SMILES string of the molecule is Cc1c(C(=O)O)cnn1C1CCN(C(=O)c2ccc3ccccc3c2)CC1. The lowest BCUT2D eigenvalue weighted by Gasteiger charge is -2.32. The average Bonchev–Trinajstić information content (AvgIpc) is 3.09. The fraction of sp³-hybridized carbons (Fsp3) is 0.286. The molecule has 2 heterocycles. The fourth-order valence-electron chi connectivity index (χ4n) is 3.82. The molecule has 138 valence electrons. The van der Waals surface area contributed by atoms with Gasteiger partial charge < -0.3 is 10.0 Å². The Labute approximate surface area is 157 Å². The number of amides is 1. The molecule has 0 saturated carbocycles. The zero-order valence-corrected chi connectivity index (χ0v) is 15.1. The lowest BCUT2D eigenvalue weighted by Crippen LogP contribution is -2.39. The number of fused-ring (bicyclic) bond motifs is 1. The third kappa shape index (κ3) is 3.18. The number of hydrogen-bond acceptors (Lipinski definition) is 3. The highest BCUT2D eigenvalue weighted by Gasteiger charge is 2.27. The number of carbonyl (C=O) groups excluding carboxylic acids is 1. The first kappa shape index (κ1) is 17.3. The van der Waals surface area contributed by atoms with E-state index in [-0.39, 0.29) is 17.5 Å². The molecule has 1 fully saturated rings. The number of likely N-dealkylation sites (tertiary alicyclic amines) is 1. The van der Waals surface area contributed by atoms with Crippen LogP contribution in [0, 0.1) is 6.92 Å². The topological polar surface area (TPSA) is 75.4 Å². The van der Waals surface area contributed by atoms with Crippen LogP contribution >= 0.6 is 0 Å². The fourth-order valence-corrected chi connectivity index (χ4v) is 3.82. The molecule has 1 aliphatic rings. The summed E-state index contributed by atoms with van der Waals surface area (Å²) in [5.41, 5.74) is 1.61. The second-order valence-corrected chi connectivity index (χ2v) is 6.98. The second kappa shape index (κ2) is 6.87. The van der Waals surface area contributed by atoms with Gasteiger partial charge in [0.1, 0.15) is 5.56 Å². The minimum absolute atomic E-state index is 0.0441. The van der Waals surface area contributed by atoms with Crippen LogP contribution in [-0.2, 0) is 0 Å². The van der Waals surface area contributed by atoms with Gasteiger partial charge >= 0.3 is 5.97 Å². The molecule has 1 aliphatic heterocycles. The highest BCUT2D eigenvalue weighted by molar-refractivity contribution is 5.98. The molecule has 0 bridgehead atoms. The number of hydrogen-bond donors (Lipinski definition) is 1. The van der Waals surface area contributed by atoms with Crippen LogP contribution in [0.15, 0.2) is 48.7 Å². The van der Waals surface area contributed by atoms with Gasteiger partial charge in [-0.05, 0) is 42.7 Å². The van der Waals surface area contributed by atoms with E-state index in [1.54, 1.807) is 11.6 Å². The molecule has 6 heteroatoms. The molecule has 3 aromatic rings. The van der Waals surface area contributed by atoms with Crippen LogP contribution in [0.2, 0.25) is 0 Å². The van der Waals surface area contributed by atoms with Crippen LogP contribution in [0.4, 0.5) is 0 Å². The maximum atomic E-state index is 12.9. The van der Waals surface area contributed by atoms with E-state index in [2.05, 4.69) is 5.10 Å². The third-order valence-corrected chi connectivity index (χ3v) is 5.37. The zero-order valence-electron chi connectivity index (χ0n) is 15.1. The maximum Gasteiger partial charge on any atom is 0.339 e. The van der Waals surface area contributed by atoms with Gasteiger partial charge in [0.2, 0.25) is 0 Å². The van der Waals surface area contributed by atoms with Crippen molar-refractivity contribution < 1.29 is 14.7 Å². The largest absolute Gasteiger partial charge is 0.478 e. The summed E-state index contributed by atoms with van der Waals surface area (Å²) in [5, 5.41) is 15.6. The van der Waals surface area contributed by atoms with E-state index in [4.69, 9.17) is 0 Å². The van der Waals surface area contributed by atoms with E-state index in [1.807, 2.05) is 47.4 Å². The summed E-state index contributed by atoms with van der Waals surface area (Å²) in [5.74, 6) is -0.912. The number of piperidine rings is 1. The molecule has 4 rings (SSSR count). The molecule has 0 aliphatic carbocycles. The normalized spacial score (nSPS) is 15.2. The smallest absolute Gasteiger partial charge is 0.339 e. The van der Waals surface area contributed by atoms with E-state index in [1.165, 1.54) is 6.20 Å².